The lowest BCUT2D eigenvalue weighted by Crippen LogP contribution is -2.46. The van der Waals surface area contributed by atoms with E-state index in [1.54, 1.807) is 0 Å². The number of amidine groups is 1. The third kappa shape index (κ3) is 3.35. The Balaban J connectivity index is 1.53. The number of thioether (sulfide) groups is 1. The van der Waals surface area contributed by atoms with Gasteiger partial charge in [0.1, 0.15) is 0 Å². The minimum Gasteiger partial charge on any atom is -0.359 e. The van der Waals surface area contributed by atoms with Gasteiger partial charge >= 0.3 is 0 Å². The Morgan fingerprint density at radius 1 is 1.15 bits per heavy atom. The summed E-state index contributed by atoms with van der Waals surface area (Å²) in [6, 6.07) is 0.602. The van der Waals surface area contributed by atoms with Gasteiger partial charge in [-0.3, -0.25) is 4.99 Å². The molecule has 114 valence electrons. The van der Waals surface area contributed by atoms with E-state index >= 15 is 0 Å². The van der Waals surface area contributed by atoms with Gasteiger partial charge in [0, 0.05) is 11.3 Å². The molecular weight excluding hydrogens is 264 g/mol. The van der Waals surface area contributed by atoms with Crippen molar-refractivity contribution in [1.82, 2.24) is 5.32 Å². The second-order valence-electron chi connectivity index (χ2n) is 7.39. The molecule has 0 amide bonds. The van der Waals surface area contributed by atoms with E-state index < -0.39 is 0 Å². The van der Waals surface area contributed by atoms with Crippen molar-refractivity contribution in [2.24, 2.45) is 16.8 Å². The van der Waals surface area contributed by atoms with E-state index in [-0.39, 0.29) is 0 Å². The Hall–Kier alpha value is -0.180. The van der Waals surface area contributed by atoms with E-state index in [0.717, 1.165) is 11.8 Å². The van der Waals surface area contributed by atoms with Crippen molar-refractivity contribution in [2.75, 3.05) is 5.75 Å². The monoisotopic (exact) mass is 294 g/mol. The first-order valence-corrected chi connectivity index (χ1v) is 9.66. The van der Waals surface area contributed by atoms with E-state index in [1.165, 1.54) is 68.7 Å². The van der Waals surface area contributed by atoms with E-state index in [1.807, 2.05) is 11.8 Å². The van der Waals surface area contributed by atoms with Crippen molar-refractivity contribution in [3.63, 3.8) is 0 Å². The van der Waals surface area contributed by atoms with Crippen molar-refractivity contribution in [1.29, 1.82) is 0 Å². The molecule has 20 heavy (non-hydrogen) atoms. The molecule has 2 aliphatic carbocycles. The van der Waals surface area contributed by atoms with Crippen LogP contribution in [0.1, 0.15) is 71.6 Å². The van der Waals surface area contributed by atoms with Crippen molar-refractivity contribution >= 4 is 16.9 Å². The first kappa shape index (κ1) is 14.7. The third-order valence-corrected chi connectivity index (χ3v) is 6.96. The normalized spacial score (nSPS) is 43.9. The van der Waals surface area contributed by atoms with Crippen LogP contribution < -0.4 is 5.32 Å². The van der Waals surface area contributed by atoms with Crippen molar-refractivity contribution in [2.45, 2.75) is 83.2 Å². The smallest absolute Gasteiger partial charge is 0.157 e. The lowest BCUT2D eigenvalue weighted by atomic mass is 9.78. The summed E-state index contributed by atoms with van der Waals surface area (Å²) in [7, 11) is 0. The minimum atomic E-state index is 0.399. The van der Waals surface area contributed by atoms with Gasteiger partial charge in [0.15, 0.2) is 5.17 Å². The molecule has 1 saturated heterocycles. The molecule has 3 rings (SSSR count). The molecule has 0 aromatic heterocycles. The molecule has 2 nitrogen and oxygen atoms in total. The van der Waals surface area contributed by atoms with Crippen LogP contribution in [0.15, 0.2) is 4.99 Å². The highest BCUT2D eigenvalue weighted by Gasteiger charge is 2.39. The maximum Gasteiger partial charge on any atom is 0.157 e. The molecule has 1 heterocycles. The topological polar surface area (TPSA) is 24.4 Å². The van der Waals surface area contributed by atoms with Crippen LogP contribution in [0.3, 0.4) is 0 Å². The zero-order chi connectivity index (χ0) is 14.0. The highest BCUT2D eigenvalue weighted by atomic mass is 32.2. The van der Waals surface area contributed by atoms with E-state index in [4.69, 9.17) is 4.99 Å². The molecule has 2 saturated carbocycles. The fourth-order valence-electron chi connectivity index (χ4n) is 4.01. The maximum atomic E-state index is 5.04. The second kappa shape index (κ2) is 6.29. The Kier molecular flexibility index (Phi) is 4.64. The van der Waals surface area contributed by atoms with Crippen LogP contribution >= 0.6 is 11.8 Å². The first-order valence-electron chi connectivity index (χ1n) is 8.68. The van der Waals surface area contributed by atoms with Crippen molar-refractivity contribution < 1.29 is 0 Å². The van der Waals surface area contributed by atoms with Gasteiger partial charge in [0.25, 0.3) is 0 Å². The quantitative estimate of drug-likeness (QED) is 0.805. The molecule has 1 spiro atoms. The van der Waals surface area contributed by atoms with Gasteiger partial charge in [-0.05, 0) is 63.2 Å². The molecule has 0 aromatic carbocycles. The molecule has 3 heteroatoms. The van der Waals surface area contributed by atoms with E-state index in [2.05, 4.69) is 19.2 Å². The fraction of sp³-hybridized carbons (Fsp3) is 0.941. The molecule has 3 fully saturated rings. The number of hydrogen-bond donors (Lipinski definition) is 1. The SMILES string of the molecule is CCC1CCC(N=C2NC3(CCC(C)CC3)CS2)CC1. The van der Waals surface area contributed by atoms with Crippen LogP contribution in [-0.2, 0) is 0 Å². The van der Waals surface area contributed by atoms with Crippen LogP contribution in [-0.4, -0.2) is 22.5 Å². The molecule has 0 bridgehead atoms. The highest BCUT2D eigenvalue weighted by molar-refractivity contribution is 8.14. The van der Waals surface area contributed by atoms with Gasteiger partial charge in [0.2, 0.25) is 0 Å². The molecule has 0 atom stereocenters. The average molecular weight is 295 g/mol. The maximum absolute atomic E-state index is 5.04. The van der Waals surface area contributed by atoms with Crippen LogP contribution in [0, 0.1) is 11.8 Å². The van der Waals surface area contributed by atoms with Crippen molar-refractivity contribution in [3.8, 4) is 0 Å². The number of hydrogen-bond acceptors (Lipinski definition) is 2. The van der Waals surface area contributed by atoms with Gasteiger partial charge < -0.3 is 5.32 Å². The second-order valence-corrected chi connectivity index (χ2v) is 8.36. The summed E-state index contributed by atoms with van der Waals surface area (Å²) >= 11 is 1.99. The summed E-state index contributed by atoms with van der Waals surface area (Å²) in [5.74, 6) is 3.16. The molecule has 1 N–H and O–H groups in total. The van der Waals surface area contributed by atoms with Gasteiger partial charge in [-0.15, -0.1) is 0 Å². The largest absolute Gasteiger partial charge is 0.359 e. The number of nitrogens with zero attached hydrogens (tertiary/aromatic N) is 1. The Labute approximate surface area is 128 Å². The van der Waals surface area contributed by atoms with Gasteiger partial charge in [-0.25, -0.2) is 0 Å². The first-order chi connectivity index (χ1) is 9.69. The number of rotatable bonds is 2. The molecule has 0 unspecified atom stereocenters. The summed E-state index contributed by atoms with van der Waals surface area (Å²) < 4.78 is 0. The summed E-state index contributed by atoms with van der Waals surface area (Å²) in [4.78, 5) is 5.04. The Morgan fingerprint density at radius 2 is 1.85 bits per heavy atom. The molecule has 0 aromatic rings. The van der Waals surface area contributed by atoms with Crippen LogP contribution in [0.2, 0.25) is 0 Å². The molecular formula is C17H30N2S. The fourth-order valence-corrected chi connectivity index (χ4v) is 5.29. The minimum absolute atomic E-state index is 0.399. The Morgan fingerprint density at radius 3 is 2.50 bits per heavy atom. The average Bonchev–Trinajstić information content (AvgIpc) is 2.86. The molecule has 1 aliphatic heterocycles. The lowest BCUT2D eigenvalue weighted by Gasteiger charge is -2.35. The number of nitrogens with one attached hydrogen (secondary N) is 1. The third-order valence-electron chi connectivity index (χ3n) is 5.78. The van der Waals surface area contributed by atoms with Crippen molar-refractivity contribution in [3.05, 3.63) is 0 Å². The van der Waals surface area contributed by atoms with Crippen LogP contribution in [0.5, 0.6) is 0 Å². The molecule has 0 radical (unpaired) electrons. The van der Waals surface area contributed by atoms with Crippen LogP contribution in [0.25, 0.3) is 0 Å². The predicted molar refractivity (Wildman–Crippen MR) is 89.4 cm³/mol. The van der Waals surface area contributed by atoms with Gasteiger partial charge in [-0.1, -0.05) is 32.0 Å². The van der Waals surface area contributed by atoms with Gasteiger partial charge in [-0.2, -0.15) is 0 Å². The van der Waals surface area contributed by atoms with E-state index in [0.29, 0.717) is 11.6 Å². The number of aliphatic imine (C=N–C) groups is 1. The predicted octanol–water partition coefficient (Wildman–Crippen LogP) is 4.60. The van der Waals surface area contributed by atoms with Gasteiger partial charge in [0.05, 0.1) is 6.04 Å². The molecule has 3 aliphatic rings. The van der Waals surface area contributed by atoms with E-state index in [9.17, 15) is 0 Å². The Bertz CT molecular complexity index is 350. The zero-order valence-electron chi connectivity index (χ0n) is 13.2. The van der Waals surface area contributed by atoms with Crippen LogP contribution in [0.4, 0.5) is 0 Å². The standard InChI is InChI=1S/C17H30N2S/c1-3-14-4-6-15(7-5-14)18-16-19-17(12-20-16)10-8-13(2)9-11-17/h13-15H,3-12H2,1-2H3,(H,18,19). The summed E-state index contributed by atoms with van der Waals surface area (Å²) in [5.41, 5.74) is 0.399. The lowest BCUT2D eigenvalue weighted by molar-refractivity contribution is 0.250. The summed E-state index contributed by atoms with van der Waals surface area (Å²) in [6.07, 6.45) is 12.3. The zero-order valence-corrected chi connectivity index (χ0v) is 14.0. The summed E-state index contributed by atoms with van der Waals surface area (Å²) in [5, 5.41) is 5.08. The summed E-state index contributed by atoms with van der Waals surface area (Å²) in [6.45, 7) is 4.73. The highest BCUT2D eigenvalue weighted by Crippen LogP contribution is 2.39.